The maximum atomic E-state index is 13.4. The van der Waals surface area contributed by atoms with Crippen molar-refractivity contribution < 1.29 is 22.5 Å². The number of benzene rings is 2. The summed E-state index contributed by atoms with van der Waals surface area (Å²) < 4.78 is 44.9. The Morgan fingerprint density at radius 2 is 1.83 bits per heavy atom. The largest absolute Gasteiger partial charge is 0.381 e. The number of nitrogens with one attached hydrogen (secondary N) is 2. The van der Waals surface area contributed by atoms with E-state index >= 15 is 0 Å². The normalized spacial score (nSPS) is 16.3. The Kier molecular flexibility index (Phi) is 6.15. The van der Waals surface area contributed by atoms with Gasteiger partial charge in [-0.2, -0.15) is 0 Å². The zero-order valence-electron chi connectivity index (χ0n) is 15.9. The molecule has 1 heterocycles. The highest BCUT2D eigenvalue weighted by Gasteiger charge is 2.35. The van der Waals surface area contributed by atoms with Gasteiger partial charge in [-0.1, -0.05) is 12.1 Å². The molecular formula is C19H22FN3O5S. The van der Waals surface area contributed by atoms with Crippen molar-refractivity contribution in [3.05, 3.63) is 64.0 Å². The molecule has 10 heteroatoms. The van der Waals surface area contributed by atoms with Crippen molar-refractivity contribution in [2.45, 2.75) is 23.2 Å². The lowest BCUT2D eigenvalue weighted by Crippen LogP contribution is -2.40. The molecule has 0 unspecified atom stereocenters. The van der Waals surface area contributed by atoms with Gasteiger partial charge in [0.1, 0.15) is 11.5 Å². The van der Waals surface area contributed by atoms with E-state index in [4.69, 9.17) is 4.74 Å². The summed E-state index contributed by atoms with van der Waals surface area (Å²) in [6.45, 7) is 1.42. The Balaban J connectivity index is 1.91. The molecule has 8 nitrogen and oxygen atoms in total. The number of nitro groups is 1. The van der Waals surface area contributed by atoms with Gasteiger partial charge in [-0.15, -0.1) is 0 Å². The molecule has 0 bridgehead atoms. The maximum Gasteiger partial charge on any atom is 0.293 e. The molecule has 1 aliphatic rings. The minimum absolute atomic E-state index is 0.184. The number of halogens is 1. The summed E-state index contributed by atoms with van der Waals surface area (Å²) in [4.78, 5) is 10.7. The molecule has 2 aromatic carbocycles. The molecule has 3 rings (SSSR count). The Hall–Kier alpha value is -2.56. The molecule has 1 aliphatic heterocycles. The molecule has 156 valence electrons. The SMILES string of the molecule is CNS(=O)(=O)c1ccc(NCC2(c3ccc(F)cc3)CCOCC2)c([N+](=O)[O-])c1. The van der Waals surface area contributed by atoms with E-state index in [1.54, 1.807) is 12.1 Å². The van der Waals surface area contributed by atoms with Gasteiger partial charge in [-0.25, -0.2) is 17.5 Å². The molecule has 0 amide bonds. The highest BCUT2D eigenvalue weighted by Crippen LogP contribution is 2.36. The van der Waals surface area contributed by atoms with Crippen molar-refractivity contribution in [1.29, 1.82) is 0 Å². The first kappa shape index (κ1) is 21.2. The van der Waals surface area contributed by atoms with Crippen molar-refractivity contribution in [3.63, 3.8) is 0 Å². The highest BCUT2D eigenvalue weighted by atomic mass is 32.2. The fourth-order valence-corrected chi connectivity index (χ4v) is 4.24. The molecule has 1 fully saturated rings. The molecule has 29 heavy (non-hydrogen) atoms. The van der Waals surface area contributed by atoms with Gasteiger partial charge in [0.25, 0.3) is 5.69 Å². The van der Waals surface area contributed by atoms with Gasteiger partial charge >= 0.3 is 0 Å². The van der Waals surface area contributed by atoms with Gasteiger partial charge in [0.05, 0.1) is 9.82 Å². The molecule has 2 aromatic rings. The summed E-state index contributed by atoms with van der Waals surface area (Å²) in [5, 5.41) is 14.6. The maximum absolute atomic E-state index is 13.4. The fraction of sp³-hybridized carbons (Fsp3) is 0.368. The van der Waals surface area contributed by atoms with E-state index in [1.807, 2.05) is 0 Å². The smallest absolute Gasteiger partial charge is 0.293 e. The molecule has 0 atom stereocenters. The number of rotatable bonds is 7. The number of nitrogens with zero attached hydrogens (tertiary/aromatic N) is 1. The van der Waals surface area contributed by atoms with Crippen molar-refractivity contribution in [2.24, 2.45) is 0 Å². The standard InChI is InChI=1S/C19H22FN3O5S/c1-21-29(26,27)16-6-7-17(18(12-16)23(24)25)22-13-19(8-10-28-11-9-19)14-2-4-15(20)5-3-14/h2-7,12,21-22H,8-11,13H2,1H3. The molecule has 0 aromatic heterocycles. The second-order valence-corrected chi connectivity index (χ2v) is 8.78. The van der Waals surface area contributed by atoms with Crippen molar-refractivity contribution >= 4 is 21.4 Å². The summed E-state index contributed by atoms with van der Waals surface area (Å²) in [6.07, 6.45) is 1.34. The lowest BCUT2D eigenvalue weighted by Gasteiger charge is -2.38. The fourth-order valence-electron chi connectivity index (χ4n) is 3.49. The zero-order valence-corrected chi connectivity index (χ0v) is 16.7. The van der Waals surface area contributed by atoms with E-state index in [9.17, 15) is 22.9 Å². The minimum atomic E-state index is -3.80. The molecule has 0 spiro atoms. The van der Waals surface area contributed by atoms with Crippen LogP contribution >= 0.6 is 0 Å². The molecule has 1 saturated heterocycles. The van der Waals surface area contributed by atoms with Crippen LogP contribution in [0.2, 0.25) is 0 Å². The van der Waals surface area contributed by atoms with Crippen molar-refractivity contribution in [3.8, 4) is 0 Å². The number of hydrogen-bond donors (Lipinski definition) is 2. The Morgan fingerprint density at radius 3 is 2.41 bits per heavy atom. The van der Waals surface area contributed by atoms with E-state index in [-0.39, 0.29) is 27.5 Å². The van der Waals surface area contributed by atoms with Crippen LogP contribution in [0, 0.1) is 15.9 Å². The average molecular weight is 423 g/mol. The number of anilines is 1. The summed E-state index contributed by atoms with van der Waals surface area (Å²) in [7, 11) is -2.56. The van der Waals surface area contributed by atoms with Gasteiger partial charge in [0, 0.05) is 31.2 Å². The molecule has 0 saturated carbocycles. The van der Waals surface area contributed by atoms with Crippen LogP contribution in [0.5, 0.6) is 0 Å². The van der Waals surface area contributed by atoms with Crippen molar-refractivity contribution in [1.82, 2.24) is 4.72 Å². The van der Waals surface area contributed by atoms with E-state index in [0.29, 0.717) is 32.6 Å². The molecule has 0 aliphatic carbocycles. The van der Waals surface area contributed by atoms with E-state index in [2.05, 4.69) is 10.0 Å². The third kappa shape index (κ3) is 4.55. The summed E-state index contributed by atoms with van der Waals surface area (Å²) in [6, 6.07) is 9.97. The average Bonchev–Trinajstić information content (AvgIpc) is 2.73. The van der Waals surface area contributed by atoms with Gasteiger partial charge in [0.15, 0.2) is 0 Å². The Bertz CT molecular complexity index is 989. The van der Waals surface area contributed by atoms with Crippen LogP contribution < -0.4 is 10.0 Å². The van der Waals surface area contributed by atoms with Gasteiger partial charge in [0.2, 0.25) is 10.0 Å². The number of hydrogen-bond acceptors (Lipinski definition) is 6. The molecule has 0 radical (unpaired) electrons. The van der Waals surface area contributed by atoms with E-state index < -0.39 is 14.9 Å². The van der Waals surface area contributed by atoms with Gasteiger partial charge in [-0.05, 0) is 49.7 Å². The first-order chi connectivity index (χ1) is 13.8. The lowest BCUT2D eigenvalue weighted by atomic mass is 9.74. The predicted octanol–water partition coefficient (Wildman–Crippen LogP) is 2.80. The van der Waals surface area contributed by atoms with Crippen LogP contribution in [0.4, 0.5) is 15.8 Å². The summed E-state index contributed by atoms with van der Waals surface area (Å²) >= 11 is 0. The Morgan fingerprint density at radius 1 is 1.17 bits per heavy atom. The van der Waals surface area contributed by atoms with Crippen LogP contribution in [0.25, 0.3) is 0 Å². The van der Waals surface area contributed by atoms with E-state index in [1.165, 1.54) is 31.3 Å². The number of sulfonamides is 1. The second-order valence-electron chi connectivity index (χ2n) is 6.90. The van der Waals surface area contributed by atoms with Crippen LogP contribution in [-0.4, -0.2) is 40.1 Å². The first-order valence-electron chi connectivity index (χ1n) is 9.07. The molecule has 2 N–H and O–H groups in total. The van der Waals surface area contributed by atoms with Crippen LogP contribution in [0.1, 0.15) is 18.4 Å². The monoisotopic (exact) mass is 423 g/mol. The van der Waals surface area contributed by atoms with Crippen LogP contribution in [0.3, 0.4) is 0 Å². The zero-order chi connectivity index (χ0) is 21.1. The minimum Gasteiger partial charge on any atom is -0.381 e. The number of ether oxygens (including phenoxy) is 1. The highest BCUT2D eigenvalue weighted by molar-refractivity contribution is 7.89. The second kappa shape index (κ2) is 8.44. The summed E-state index contributed by atoms with van der Waals surface area (Å²) in [5.74, 6) is -0.333. The topological polar surface area (TPSA) is 111 Å². The van der Waals surface area contributed by atoms with Gasteiger partial charge < -0.3 is 10.1 Å². The lowest BCUT2D eigenvalue weighted by molar-refractivity contribution is -0.384. The number of nitro benzene ring substituents is 1. The van der Waals surface area contributed by atoms with Gasteiger partial charge in [-0.3, -0.25) is 10.1 Å². The van der Waals surface area contributed by atoms with Crippen molar-refractivity contribution in [2.75, 3.05) is 32.1 Å². The summed E-state index contributed by atoms with van der Waals surface area (Å²) in [5.41, 5.74) is 0.433. The van der Waals surface area contributed by atoms with E-state index in [0.717, 1.165) is 11.6 Å². The third-order valence-electron chi connectivity index (χ3n) is 5.27. The van der Waals surface area contributed by atoms with Crippen LogP contribution in [-0.2, 0) is 20.2 Å². The third-order valence-corrected chi connectivity index (χ3v) is 6.68. The Labute approximate surface area is 168 Å². The van der Waals surface area contributed by atoms with Crippen LogP contribution in [0.15, 0.2) is 47.4 Å². The quantitative estimate of drug-likeness (QED) is 0.523. The molecular weight excluding hydrogens is 401 g/mol. The predicted molar refractivity (Wildman–Crippen MR) is 106 cm³/mol. The first-order valence-corrected chi connectivity index (χ1v) is 10.6.